The van der Waals surface area contributed by atoms with Gasteiger partial charge in [0.2, 0.25) is 0 Å². The lowest BCUT2D eigenvalue weighted by molar-refractivity contribution is 0.788. The molecule has 17 heavy (non-hydrogen) atoms. The number of hydrogen-bond donors (Lipinski definition) is 1. The highest BCUT2D eigenvalue weighted by atomic mass is 32.2. The summed E-state index contributed by atoms with van der Waals surface area (Å²) in [4.78, 5) is 1.25. The molecule has 0 aliphatic carbocycles. The topological polar surface area (TPSA) is 56.7 Å². The molecule has 2 rings (SSSR count). The highest BCUT2D eigenvalue weighted by molar-refractivity contribution is 7.98. The van der Waals surface area contributed by atoms with E-state index in [4.69, 9.17) is 5.73 Å². The van der Waals surface area contributed by atoms with Gasteiger partial charge in [0.15, 0.2) is 5.16 Å². The summed E-state index contributed by atoms with van der Waals surface area (Å²) in [5.41, 5.74) is 6.43. The van der Waals surface area contributed by atoms with E-state index in [1.165, 1.54) is 4.88 Å². The molecule has 0 unspecified atom stereocenters. The van der Waals surface area contributed by atoms with Gasteiger partial charge in [0.05, 0.1) is 6.54 Å². The number of hydrogen-bond acceptors (Lipinski definition) is 5. The Labute approximate surface area is 108 Å². The van der Waals surface area contributed by atoms with Gasteiger partial charge >= 0.3 is 0 Å². The third-order valence-corrected chi connectivity index (χ3v) is 4.24. The molecule has 0 aromatic carbocycles. The first-order valence-corrected chi connectivity index (χ1v) is 6.90. The van der Waals surface area contributed by atoms with Gasteiger partial charge in [0.25, 0.3) is 0 Å². The van der Waals surface area contributed by atoms with Gasteiger partial charge < -0.3 is 10.3 Å². The van der Waals surface area contributed by atoms with Gasteiger partial charge in [0, 0.05) is 23.2 Å². The zero-order valence-corrected chi connectivity index (χ0v) is 11.0. The molecule has 0 amide bonds. The Morgan fingerprint density at radius 1 is 1.59 bits per heavy atom. The number of thioether (sulfide) groups is 1. The smallest absolute Gasteiger partial charge is 0.191 e. The summed E-state index contributed by atoms with van der Waals surface area (Å²) in [6.45, 7) is 0.395. The molecule has 0 saturated heterocycles. The van der Waals surface area contributed by atoms with E-state index in [0.717, 1.165) is 16.5 Å². The number of aryl methyl sites for hydroxylation is 1. The van der Waals surface area contributed by atoms with Crippen molar-refractivity contribution in [3.05, 3.63) is 28.2 Å². The van der Waals surface area contributed by atoms with Crippen molar-refractivity contribution in [3.63, 3.8) is 0 Å². The summed E-state index contributed by atoms with van der Waals surface area (Å²) in [6, 6.07) is 2.03. The minimum absolute atomic E-state index is 0.395. The van der Waals surface area contributed by atoms with Crippen LogP contribution in [0.15, 0.2) is 22.9 Å². The second-order valence-corrected chi connectivity index (χ2v) is 5.22. The molecule has 2 heterocycles. The minimum atomic E-state index is 0.395. The van der Waals surface area contributed by atoms with Crippen molar-refractivity contribution in [1.82, 2.24) is 14.8 Å². The molecule has 0 aliphatic heterocycles. The van der Waals surface area contributed by atoms with Gasteiger partial charge in [-0.2, -0.15) is 0 Å². The van der Waals surface area contributed by atoms with Crippen LogP contribution in [-0.2, 0) is 12.8 Å². The average Bonchev–Trinajstić information content (AvgIpc) is 2.93. The van der Waals surface area contributed by atoms with Gasteiger partial charge in [-0.25, -0.2) is 0 Å². The van der Waals surface area contributed by atoms with E-state index in [1.807, 2.05) is 23.1 Å². The van der Waals surface area contributed by atoms with Crippen molar-refractivity contribution in [2.45, 2.75) is 10.9 Å². The van der Waals surface area contributed by atoms with Crippen molar-refractivity contribution in [1.29, 1.82) is 0 Å². The summed E-state index contributed by atoms with van der Waals surface area (Å²) in [6.07, 6.45) is 1.70. The van der Waals surface area contributed by atoms with Gasteiger partial charge in [-0.15, -0.1) is 21.5 Å². The van der Waals surface area contributed by atoms with Crippen LogP contribution in [0.25, 0.3) is 0 Å². The molecule has 0 spiro atoms. The number of rotatable bonds is 3. The molecule has 6 heteroatoms. The molecule has 2 aromatic heterocycles. The summed E-state index contributed by atoms with van der Waals surface area (Å²) >= 11 is 3.37. The van der Waals surface area contributed by atoms with Crippen molar-refractivity contribution in [2.24, 2.45) is 12.8 Å². The Hall–Kier alpha value is -1.29. The lowest BCUT2D eigenvalue weighted by atomic mass is 10.3. The number of thiophene rings is 1. The molecular weight excluding hydrogens is 252 g/mol. The monoisotopic (exact) mass is 264 g/mol. The lowest BCUT2D eigenvalue weighted by Gasteiger charge is -1.99. The molecule has 0 atom stereocenters. The largest absolute Gasteiger partial charge is 0.320 e. The predicted molar refractivity (Wildman–Crippen MR) is 70.8 cm³/mol. The maximum Gasteiger partial charge on any atom is 0.191 e. The Balaban J connectivity index is 2.04. The molecule has 2 aromatic rings. The maximum absolute atomic E-state index is 5.37. The Bertz CT molecular complexity index is 547. The van der Waals surface area contributed by atoms with E-state index in [2.05, 4.69) is 22.0 Å². The van der Waals surface area contributed by atoms with Crippen molar-refractivity contribution in [3.8, 4) is 11.8 Å². The first kappa shape index (κ1) is 12.2. The average molecular weight is 264 g/mol. The number of nitrogens with zero attached hydrogens (tertiary/aromatic N) is 3. The van der Waals surface area contributed by atoms with Crippen LogP contribution in [0.3, 0.4) is 0 Å². The highest BCUT2D eigenvalue weighted by Crippen LogP contribution is 2.25. The summed E-state index contributed by atoms with van der Waals surface area (Å²) in [7, 11) is 1.94. The maximum atomic E-state index is 5.37. The highest BCUT2D eigenvalue weighted by Gasteiger charge is 2.06. The molecule has 0 aliphatic rings. The Morgan fingerprint density at radius 2 is 2.47 bits per heavy atom. The summed E-state index contributed by atoms with van der Waals surface area (Å²) < 4.78 is 1.91. The van der Waals surface area contributed by atoms with Gasteiger partial charge in [-0.1, -0.05) is 23.6 Å². The lowest BCUT2D eigenvalue weighted by Crippen LogP contribution is -1.93. The van der Waals surface area contributed by atoms with Gasteiger partial charge in [0.1, 0.15) is 6.33 Å². The van der Waals surface area contributed by atoms with E-state index in [0.29, 0.717) is 6.54 Å². The zero-order valence-electron chi connectivity index (χ0n) is 9.38. The third-order valence-electron chi connectivity index (χ3n) is 2.07. The molecule has 0 radical (unpaired) electrons. The standard InChI is InChI=1S/C11H12N4S2/c1-15-8-13-14-11(15)17-7-10-9(3-2-5-12)4-6-16-10/h4,6,8H,5,7,12H2,1H3. The second kappa shape index (κ2) is 5.87. The normalized spacial score (nSPS) is 10.0. The number of aromatic nitrogens is 3. The molecule has 0 fully saturated rings. The Morgan fingerprint density at radius 3 is 3.18 bits per heavy atom. The van der Waals surface area contributed by atoms with Crippen molar-refractivity contribution >= 4 is 23.1 Å². The quantitative estimate of drug-likeness (QED) is 0.674. The van der Waals surface area contributed by atoms with E-state index in [9.17, 15) is 0 Å². The fourth-order valence-electron chi connectivity index (χ4n) is 1.24. The van der Waals surface area contributed by atoms with Crippen LogP contribution in [0, 0.1) is 11.8 Å². The first-order chi connectivity index (χ1) is 8.31. The fourth-order valence-corrected chi connectivity index (χ4v) is 3.08. The first-order valence-electron chi connectivity index (χ1n) is 5.03. The van der Waals surface area contributed by atoms with E-state index in [-0.39, 0.29) is 0 Å². The van der Waals surface area contributed by atoms with Crippen molar-refractivity contribution < 1.29 is 0 Å². The van der Waals surface area contributed by atoms with Crippen molar-refractivity contribution in [2.75, 3.05) is 6.54 Å². The molecule has 0 bridgehead atoms. The second-order valence-electron chi connectivity index (χ2n) is 3.28. The van der Waals surface area contributed by atoms with Crippen LogP contribution in [0.4, 0.5) is 0 Å². The molecule has 2 N–H and O–H groups in total. The van der Waals surface area contributed by atoms with E-state index >= 15 is 0 Å². The van der Waals surface area contributed by atoms with Crippen LogP contribution in [0.5, 0.6) is 0 Å². The third kappa shape index (κ3) is 3.09. The molecule has 88 valence electrons. The fraction of sp³-hybridized carbons (Fsp3) is 0.273. The summed E-state index contributed by atoms with van der Waals surface area (Å²) in [5, 5.41) is 10.8. The van der Waals surface area contributed by atoms with Crippen LogP contribution in [-0.4, -0.2) is 21.3 Å². The predicted octanol–water partition coefficient (Wildman–Crippen LogP) is 1.48. The van der Waals surface area contributed by atoms with Crippen LogP contribution in [0.1, 0.15) is 10.4 Å². The van der Waals surface area contributed by atoms with Gasteiger partial charge in [-0.3, -0.25) is 0 Å². The number of nitrogens with two attached hydrogens (primary N) is 1. The summed E-state index contributed by atoms with van der Waals surface area (Å²) in [5.74, 6) is 6.81. The van der Waals surface area contributed by atoms with Crippen LogP contribution < -0.4 is 5.73 Å². The minimum Gasteiger partial charge on any atom is -0.320 e. The molecule has 0 saturated carbocycles. The van der Waals surface area contributed by atoms with Gasteiger partial charge in [-0.05, 0) is 11.4 Å². The SMILES string of the molecule is Cn1cnnc1SCc1sccc1C#CCN. The molecule has 4 nitrogen and oxygen atoms in total. The van der Waals surface area contributed by atoms with Crippen LogP contribution in [0.2, 0.25) is 0 Å². The van der Waals surface area contributed by atoms with E-state index in [1.54, 1.807) is 29.4 Å². The zero-order chi connectivity index (χ0) is 12.1. The van der Waals surface area contributed by atoms with E-state index < -0.39 is 0 Å². The van der Waals surface area contributed by atoms with Crippen LogP contribution >= 0.6 is 23.1 Å². The molecular formula is C11H12N4S2. The Kier molecular flexibility index (Phi) is 4.20.